The first-order valence-corrected chi connectivity index (χ1v) is 32.4. The Balaban J connectivity index is 0.000000221. The van der Waals surface area contributed by atoms with Gasteiger partial charge >= 0.3 is 37.9 Å². The van der Waals surface area contributed by atoms with Crippen LogP contribution in [-0.2, 0) is 33.7 Å². The Kier molecular flexibility index (Phi) is 21.0. The van der Waals surface area contributed by atoms with Gasteiger partial charge in [-0.25, -0.2) is 0 Å². The molecular formula is C62H72Cl2SiZr. The van der Waals surface area contributed by atoms with Gasteiger partial charge in [-0.05, 0) is 79.4 Å². The van der Waals surface area contributed by atoms with Crippen LogP contribution in [0.1, 0.15) is 108 Å². The second-order valence-electron chi connectivity index (χ2n) is 18.7. The zero-order valence-electron chi connectivity index (χ0n) is 42.0. The van der Waals surface area contributed by atoms with E-state index in [0.717, 1.165) is 9.52 Å². The van der Waals surface area contributed by atoms with Crippen molar-refractivity contribution in [3.05, 3.63) is 177 Å². The molecule has 0 unspecified atom stereocenters. The molecule has 0 aromatic heterocycles. The Morgan fingerprint density at radius 3 is 0.894 bits per heavy atom. The van der Waals surface area contributed by atoms with Crippen molar-refractivity contribution in [3.63, 3.8) is 0 Å². The van der Waals surface area contributed by atoms with Crippen LogP contribution in [0.25, 0.3) is 66.1 Å². The fourth-order valence-corrected chi connectivity index (χ4v) is 9.69. The van der Waals surface area contributed by atoms with Gasteiger partial charge in [0.1, 0.15) is 0 Å². The Labute approximate surface area is 420 Å². The third-order valence-electron chi connectivity index (χ3n) is 12.2. The van der Waals surface area contributed by atoms with Crippen LogP contribution in [0.5, 0.6) is 0 Å². The second kappa shape index (κ2) is 26.1. The third kappa shape index (κ3) is 14.6. The molecule has 0 aliphatic rings. The zero-order chi connectivity index (χ0) is 47.9. The molecule has 0 spiro atoms. The van der Waals surface area contributed by atoms with Crippen LogP contribution >= 0.6 is 17.0 Å². The normalized spacial score (nSPS) is 10.8. The van der Waals surface area contributed by atoms with E-state index in [1.54, 1.807) is 0 Å². The number of halogens is 2. The number of hydrogen-bond acceptors (Lipinski definition) is 0. The molecule has 0 fully saturated rings. The van der Waals surface area contributed by atoms with Crippen LogP contribution in [0.2, 0.25) is 13.1 Å². The molecule has 0 aliphatic carbocycles. The van der Waals surface area contributed by atoms with E-state index >= 15 is 0 Å². The van der Waals surface area contributed by atoms with Crippen molar-refractivity contribution in [3.8, 4) is 44.5 Å². The van der Waals surface area contributed by atoms with Crippen molar-refractivity contribution in [2.45, 2.75) is 134 Å². The van der Waals surface area contributed by atoms with Gasteiger partial charge in [-0.3, -0.25) is 0 Å². The van der Waals surface area contributed by atoms with Crippen molar-refractivity contribution in [2.75, 3.05) is 0 Å². The van der Waals surface area contributed by atoms with Crippen molar-refractivity contribution in [1.29, 1.82) is 0 Å². The van der Waals surface area contributed by atoms with Crippen LogP contribution in [0.4, 0.5) is 0 Å². The molecule has 0 atom stereocenters. The van der Waals surface area contributed by atoms with Crippen LogP contribution in [0.15, 0.2) is 121 Å². The van der Waals surface area contributed by atoms with E-state index in [2.05, 4.69) is 204 Å². The van der Waals surface area contributed by atoms with Crippen molar-refractivity contribution < 1.29 is 20.8 Å². The Morgan fingerprint density at radius 1 is 0.394 bits per heavy atom. The number of aryl methyl sites for hydroxylation is 10. The van der Waals surface area contributed by atoms with E-state index in [-0.39, 0.29) is 0 Å². The maximum absolute atomic E-state index is 4.93. The fourth-order valence-electron chi connectivity index (χ4n) is 9.69. The number of benzene rings is 6. The van der Waals surface area contributed by atoms with Gasteiger partial charge in [0.2, 0.25) is 0 Å². The molecule has 0 N–H and O–H groups in total. The summed E-state index contributed by atoms with van der Waals surface area (Å²) < 4.78 is 0. The van der Waals surface area contributed by atoms with Gasteiger partial charge in [0.05, 0.1) is 0 Å². The molecular weight excluding hydrogens is 935 g/mol. The summed E-state index contributed by atoms with van der Waals surface area (Å²) in [4.78, 5) is 0. The molecule has 0 saturated heterocycles. The predicted octanol–water partition coefficient (Wildman–Crippen LogP) is 19.9. The predicted molar refractivity (Wildman–Crippen MR) is 294 cm³/mol. The Hall–Kier alpha value is -3.78. The van der Waals surface area contributed by atoms with Crippen LogP contribution in [0, 0.1) is 55.4 Å². The minimum atomic E-state index is -0.826. The summed E-state index contributed by atoms with van der Waals surface area (Å²) in [6, 6.07) is 46.7. The first-order chi connectivity index (χ1) is 31.7. The number of hydrogen-bond donors (Lipinski definition) is 0. The van der Waals surface area contributed by atoms with Gasteiger partial charge in [-0.15, -0.1) is 44.8 Å². The summed E-state index contributed by atoms with van der Waals surface area (Å²) in [6.45, 7) is 26.4. The van der Waals surface area contributed by atoms with E-state index in [0.29, 0.717) is 0 Å². The molecule has 8 aromatic carbocycles. The monoisotopic (exact) mass is 1000 g/mol. The van der Waals surface area contributed by atoms with E-state index in [1.807, 2.05) is 0 Å². The SMILES string of the molecule is CCCCCc1cc2c(-c3cc(C)cc(C)c3)ccc(-c3cc(C)cc(C)c3)c2[cH-]1.CCCCCc1cc2c(-c3cc(C)cc(C)c3)ccc(-c3cc(C)cc(C)c3)c2[cH-]1.C[Si]C.[Cl][Zr+2][Cl]. The molecule has 0 saturated carbocycles. The zero-order valence-corrected chi connectivity index (χ0v) is 46.9. The molecule has 66 heavy (non-hydrogen) atoms. The van der Waals surface area contributed by atoms with Crippen LogP contribution < -0.4 is 0 Å². The summed E-state index contributed by atoms with van der Waals surface area (Å²) in [5.74, 6) is 0. The van der Waals surface area contributed by atoms with Crippen molar-refractivity contribution >= 4 is 48.1 Å². The first-order valence-electron chi connectivity index (χ1n) is 24.1. The van der Waals surface area contributed by atoms with E-state index in [9.17, 15) is 0 Å². The van der Waals surface area contributed by atoms with Gasteiger partial charge in [0.25, 0.3) is 0 Å². The van der Waals surface area contributed by atoms with Crippen molar-refractivity contribution in [1.82, 2.24) is 0 Å². The molecule has 342 valence electrons. The Bertz CT molecular complexity index is 2370. The van der Waals surface area contributed by atoms with Crippen molar-refractivity contribution in [2.24, 2.45) is 0 Å². The average molecular weight is 1010 g/mol. The van der Waals surface area contributed by atoms with E-state index in [4.69, 9.17) is 17.0 Å². The molecule has 0 aliphatic heterocycles. The molecule has 0 amide bonds. The first kappa shape index (κ1) is 53.2. The van der Waals surface area contributed by atoms with Gasteiger partial charge in [-0.2, -0.15) is 12.1 Å². The van der Waals surface area contributed by atoms with Gasteiger partial charge in [-0.1, -0.05) is 240 Å². The molecule has 8 rings (SSSR count). The minimum absolute atomic E-state index is 0.826. The summed E-state index contributed by atoms with van der Waals surface area (Å²) >= 11 is -0.826. The molecule has 4 heteroatoms. The summed E-state index contributed by atoms with van der Waals surface area (Å²) in [7, 11) is 11.0. The van der Waals surface area contributed by atoms with E-state index in [1.165, 1.54) is 173 Å². The van der Waals surface area contributed by atoms with Gasteiger partial charge in [0, 0.05) is 9.52 Å². The standard InChI is InChI=1S/2C30H33.C2H6Si.2ClH.Zr/c2*1-6-7-8-9-24-18-29-27(25-14-20(2)12-21(3)15-25)10-11-28(30(29)19-24)26-16-22(4)13-23(5)17-26;1-3-2;;;/h2*10-19H,6-9H2,1-5H3;1-2H3;2*1H;/q2*-1;;;;+4/p-2. The van der Waals surface area contributed by atoms with Gasteiger partial charge < -0.3 is 0 Å². The fraction of sp³-hybridized carbons (Fsp3) is 0.323. The quantitative estimate of drug-likeness (QED) is 0.0650. The topological polar surface area (TPSA) is 0 Å². The molecule has 0 heterocycles. The summed E-state index contributed by atoms with van der Waals surface area (Å²) in [5, 5.41) is 5.57. The third-order valence-corrected chi connectivity index (χ3v) is 12.2. The number of fused-ring (bicyclic) bond motifs is 2. The molecule has 0 bridgehead atoms. The summed E-state index contributed by atoms with van der Waals surface area (Å²) in [6.07, 6.45) is 10.0. The molecule has 2 radical (unpaired) electrons. The average Bonchev–Trinajstić information content (AvgIpc) is 3.87. The van der Waals surface area contributed by atoms with E-state index < -0.39 is 20.8 Å². The number of unbranched alkanes of at least 4 members (excludes halogenated alkanes) is 4. The molecule has 0 nitrogen and oxygen atoms in total. The molecule has 8 aromatic rings. The number of rotatable bonds is 12. The summed E-state index contributed by atoms with van der Waals surface area (Å²) in [5.41, 5.74) is 24.3. The van der Waals surface area contributed by atoms with Gasteiger partial charge in [0.15, 0.2) is 0 Å². The van der Waals surface area contributed by atoms with Crippen LogP contribution in [0.3, 0.4) is 0 Å². The van der Waals surface area contributed by atoms with Crippen LogP contribution in [-0.4, -0.2) is 9.52 Å². The maximum atomic E-state index is 4.93. The Morgan fingerprint density at radius 2 is 0.636 bits per heavy atom. The second-order valence-corrected chi connectivity index (χ2v) is 23.4.